The molecule has 0 heterocycles. The van der Waals surface area contributed by atoms with Gasteiger partial charge in [0.15, 0.2) is 6.19 Å². The summed E-state index contributed by atoms with van der Waals surface area (Å²) in [7, 11) is 0. The lowest BCUT2D eigenvalue weighted by Crippen LogP contribution is -2.33. The molecule has 1 aromatic rings. The number of carboxylic acids is 1. The maximum absolute atomic E-state index is 10.4. The second-order valence-electron chi connectivity index (χ2n) is 4.31. The number of hydrogen-bond acceptors (Lipinski definition) is 3. The highest BCUT2D eigenvalue weighted by molar-refractivity contribution is 5.82. The minimum atomic E-state index is -0.868. The number of aliphatic imine (C=N–C) groups is 1. The van der Waals surface area contributed by atoms with Gasteiger partial charge < -0.3 is 10.8 Å². The minimum Gasteiger partial charge on any atom is -0.481 e. The van der Waals surface area contributed by atoms with E-state index >= 15 is 0 Å². The summed E-state index contributed by atoms with van der Waals surface area (Å²) in [5, 5.41) is 17.5. The lowest BCUT2D eigenvalue weighted by atomic mass is 10.2. The highest BCUT2D eigenvalue weighted by Gasteiger charge is 2.04. The van der Waals surface area contributed by atoms with Crippen molar-refractivity contribution in [1.29, 1.82) is 5.26 Å². The Morgan fingerprint density at radius 3 is 2.67 bits per heavy atom. The average Bonchev–Trinajstić information content (AvgIpc) is 2.46. The molecule has 0 fully saturated rings. The van der Waals surface area contributed by atoms with E-state index in [-0.39, 0.29) is 12.4 Å². The Hall–Kier alpha value is -2.81. The number of carbonyl (C=O) groups is 1. The number of nitrogens with two attached hydrogens (primary N) is 1. The quantitative estimate of drug-likeness (QED) is 0.361. The van der Waals surface area contributed by atoms with E-state index in [4.69, 9.17) is 16.1 Å². The predicted octanol–water partition coefficient (Wildman–Crippen LogP) is 2.31. The molecule has 0 saturated carbocycles. The van der Waals surface area contributed by atoms with Gasteiger partial charge in [-0.25, -0.2) is 9.89 Å². The van der Waals surface area contributed by atoms with Crippen LogP contribution < -0.4 is 5.73 Å². The molecule has 6 heteroatoms. The first kappa shape index (κ1) is 16.2. The molecule has 3 N–H and O–H groups in total. The Labute approximate surface area is 123 Å². The summed E-state index contributed by atoms with van der Waals surface area (Å²) in [6.45, 7) is 2.48. The molecule has 0 aliphatic heterocycles. The SMILES string of the molecule is CCCN(C#N)C(N)=Nc1ccc(/C=C/CC(=O)O)cc1. The summed E-state index contributed by atoms with van der Waals surface area (Å²) >= 11 is 0. The van der Waals surface area contributed by atoms with Crippen molar-refractivity contribution < 1.29 is 9.90 Å². The molecule has 0 aromatic heterocycles. The van der Waals surface area contributed by atoms with Crippen LogP contribution in [0, 0.1) is 11.5 Å². The van der Waals surface area contributed by atoms with Crippen molar-refractivity contribution >= 4 is 23.7 Å². The van der Waals surface area contributed by atoms with E-state index in [0.29, 0.717) is 12.2 Å². The molecule has 1 aromatic carbocycles. The van der Waals surface area contributed by atoms with Gasteiger partial charge in [-0.1, -0.05) is 31.2 Å². The third-order valence-corrected chi connectivity index (χ3v) is 2.58. The summed E-state index contributed by atoms with van der Waals surface area (Å²) < 4.78 is 0. The van der Waals surface area contributed by atoms with Gasteiger partial charge in [0, 0.05) is 6.54 Å². The number of carboxylic acid groups (broad SMARTS) is 1. The summed E-state index contributed by atoms with van der Waals surface area (Å²) in [4.78, 5) is 15.9. The van der Waals surface area contributed by atoms with E-state index in [1.165, 1.54) is 4.90 Å². The van der Waals surface area contributed by atoms with Gasteiger partial charge >= 0.3 is 5.97 Å². The van der Waals surface area contributed by atoms with E-state index in [2.05, 4.69) is 4.99 Å². The minimum absolute atomic E-state index is 0.0129. The lowest BCUT2D eigenvalue weighted by molar-refractivity contribution is -0.135. The maximum atomic E-state index is 10.4. The number of hydrogen-bond donors (Lipinski definition) is 2. The molecular formula is C15H18N4O2. The van der Waals surface area contributed by atoms with Crippen molar-refractivity contribution in [1.82, 2.24) is 4.90 Å². The number of nitriles is 1. The van der Waals surface area contributed by atoms with Gasteiger partial charge in [-0.2, -0.15) is 5.26 Å². The molecule has 0 unspecified atom stereocenters. The van der Waals surface area contributed by atoms with Crippen molar-refractivity contribution in [2.24, 2.45) is 10.7 Å². The number of benzene rings is 1. The third-order valence-electron chi connectivity index (χ3n) is 2.58. The molecule has 6 nitrogen and oxygen atoms in total. The van der Waals surface area contributed by atoms with Crippen LogP contribution in [0.5, 0.6) is 0 Å². The van der Waals surface area contributed by atoms with E-state index < -0.39 is 5.97 Å². The van der Waals surface area contributed by atoms with Crippen molar-refractivity contribution in [3.8, 4) is 6.19 Å². The fraction of sp³-hybridized carbons (Fsp3) is 0.267. The van der Waals surface area contributed by atoms with Crippen LogP contribution in [-0.2, 0) is 4.79 Å². The standard InChI is InChI=1S/C15H18N4O2/c1-2-10-19(11-16)15(17)18-13-8-6-12(7-9-13)4-3-5-14(20)21/h3-4,6-9H,2,5,10H2,1H3,(H2,17,18)(H,20,21)/b4-3+. The molecule has 0 atom stereocenters. The fourth-order valence-corrected chi connectivity index (χ4v) is 1.59. The van der Waals surface area contributed by atoms with Crippen LogP contribution in [-0.4, -0.2) is 28.5 Å². The van der Waals surface area contributed by atoms with E-state index in [0.717, 1.165) is 12.0 Å². The second kappa shape index (κ2) is 8.38. The van der Waals surface area contributed by atoms with Crippen molar-refractivity contribution in [2.75, 3.05) is 6.54 Å². The van der Waals surface area contributed by atoms with Crippen LogP contribution in [0.2, 0.25) is 0 Å². The normalized spacial score (nSPS) is 11.3. The molecule has 0 bridgehead atoms. The Balaban J connectivity index is 2.76. The number of nitrogens with zero attached hydrogens (tertiary/aromatic N) is 3. The van der Waals surface area contributed by atoms with Gasteiger partial charge in [0.25, 0.3) is 0 Å². The molecule has 1 rings (SSSR count). The van der Waals surface area contributed by atoms with Gasteiger partial charge in [0.1, 0.15) is 0 Å². The Bertz CT molecular complexity index is 570. The first-order valence-corrected chi connectivity index (χ1v) is 6.56. The zero-order valence-electron chi connectivity index (χ0n) is 11.9. The van der Waals surface area contributed by atoms with E-state index in [9.17, 15) is 4.79 Å². The van der Waals surface area contributed by atoms with Crippen molar-refractivity contribution in [2.45, 2.75) is 19.8 Å². The molecule has 0 amide bonds. The summed E-state index contributed by atoms with van der Waals surface area (Å²) in [6, 6.07) is 7.13. The van der Waals surface area contributed by atoms with Crippen molar-refractivity contribution in [3.05, 3.63) is 35.9 Å². The molecule has 0 aliphatic carbocycles. The third kappa shape index (κ3) is 5.78. The first-order chi connectivity index (χ1) is 10.1. The van der Waals surface area contributed by atoms with Crippen LogP contribution in [0.3, 0.4) is 0 Å². The first-order valence-electron chi connectivity index (χ1n) is 6.56. The Morgan fingerprint density at radius 2 is 2.14 bits per heavy atom. The lowest BCUT2D eigenvalue weighted by Gasteiger charge is -2.12. The van der Waals surface area contributed by atoms with Crippen molar-refractivity contribution in [3.63, 3.8) is 0 Å². The number of rotatable bonds is 6. The highest BCUT2D eigenvalue weighted by atomic mass is 16.4. The highest BCUT2D eigenvalue weighted by Crippen LogP contribution is 2.14. The van der Waals surface area contributed by atoms with Crippen LogP contribution in [0.25, 0.3) is 6.08 Å². The Kier molecular flexibility index (Phi) is 6.48. The van der Waals surface area contributed by atoms with Crippen LogP contribution in [0.4, 0.5) is 5.69 Å². The number of guanidine groups is 1. The van der Waals surface area contributed by atoms with Gasteiger partial charge in [-0.05, 0) is 24.1 Å². The molecule has 0 radical (unpaired) electrons. The van der Waals surface area contributed by atoms with Gasteiger partial charge in [-0.3, -0.25) is 4.79 Å². The summed E-state index contributed by atoms with van der Waals surface area (Å²) in [5.74, 6) is -0.707. The zero-order chi connectivity index (χ0) is 15.7. The van der Waals surface area contributed by atoms with Gasteiger partial charge in [0.2, 0.25) is 5.96 Å². The van der Waals surface area contributed by atoms with Gasteiger partial charge in [0.05, 0.1) is 12.1 Å². The smallest absolute Gasteiger partial charge is 0.307 e. The van der Waals surface area contributed by atoms with Crippen LogP contribution in [0.15, 0.2) is 35.3 Å². The molecule has 0 aliphatic rings. The van der Waals surface area contributed by atoms with Crippen LogP contribution in [0.1, 0.15) is 25.3 Å². The Morgan fingerprint density at radius 1 is 1.48 bits per heavy atom. The molecule has 0 spiro atoms. The van der Waals surface area contributed by atoms with Gasteiger partial charge in [-0.15, -0.1) is 0 Å². The topological polar surface area (TPSA) is 103 Å². The molecule has 0 saturated heterocycles. The monoisotopic (exact) mass is 286 g/mol. The summed E-state index contributed by atoms with van der Waals surface area (Å²) in [6.07, 6.45) is 6.08. The molecule has 110 valence electrons. The number of aliphatic carboxylic acids is 1. The molecule has 21 heavy (non-hydrogen) atoms. The average molecular weight is 286 g/mol. The fourth-order valence-electron chi connectivity index (χ4n) is 1.59. The van der Waals surface area contributed by atoms with E-state index in [1.54, 1.807) is 36.4 Å². The maximum Gasteiger partial charge on any atom is 0.307 e. The van der Waals surface area contributed by atoms with Crippen LogP contribution >= 0.6 is 0 Å². The second-order valence-corrected chi connectivity index (χ2v) is 4.31. The summed E-state index contributed by atoms with van der Waals surface area (Å²) in [5.41, 5.74) is 7.28. The largest absolute Gasteiger partial charge is 0.481 e. The molecular weight excluding hydrogens is 268 g/mol. The zero-order valence-corrected chi connectivity index (χ0v) is 11.9. The predicted molar refractivity (Wildman–Crippen MR) is 81.6 cm³/mol. The van der Waals surface area contributed by atoms with E-state index in [1.807, 2.05) is 13.1 Å².